The standard InChI is InChI=1S/C11H22N2O/c1-11(2,3)10(14)12-8-9-6-5-7-13(9)4/h9H,5-8H2,1-4H3,(H,12,14). The lowest BCUT2D eigenvalue weighted by molar-refractivity contribution is -0.128. The van der Waals surface area contributed by atoms with Gasteiger partial charge >= 0.3 is 0 Å². The van der Waals surface area contributed by atoms with Crippen LogP contribution in [0.1, 0.15) is 33.6 Å². The molecular weight excluding hydrogens is 176 g/mol. The van der Waals surface area contributed by atoms with Crippen LogP contribution in [0.5, 0.6) is 0 Å². The smallest absolute Gasteiger partial charge is 0.225 e. The molecule has 0 aliphatic carbocycles. The monoisotopic (exact) mass is 198 g/mol. The van der Waals surface area contributed by atoms with Gasteiger partial charge in [-0.3, -0.25) is 4.79 Å². The summed E-state index contributed by atoms with van der Waals surface area (Å²) in [5.41, 5.74) is -0.267. The Kier molecular flexibility index (Phi) is 3.53. The SMILES string of the molecule is CN1CCCC1CNC(=O)C(C)(C)C. The Balaban J connectivity index is 2.30. The predicted molar refractivity (Wildman–Crippen MR) is 58.1 cm³/mol. The van der Waals surface area contributed by atoms with E-state index in [1.807, 2.05) is 20.8 Å². The summed E-state index contributed by atoms with van der Waals surface area (Å²) >= 11 is 0. The number of carbonyl (C=O) groups is 1. The molecule has 1 saturated heterocycles. The molecule has 0 aromatic rings. The maximum Gasteiger partial charge on any atom is 0.225 e. The molecule has 0 bridgehead atoms. The average molecular weight is 198 g/mol. The number of hydrogen-bond acceptors (Lipinski definition) is 2. The maximum atomic E-state index is 11.6. The minimum Gasteiger partial charge on any atom is -0.354 e. The number of nitrogens with one attached hydrogen (secondary N) is 1. The molecule has 0 radical (unpaired) electrons. The molecule has 1 rings (SSSR count). The second-order valence-corrected chi connectivity index (χ2v) is 5.24. The summed E-state index contributed by atoms with van der Waals surface area (Å²) in [6.45, 7) is 7.80. The van der Waals surface area contributed by atoms with Gasteiger partial charge in [0.1, 0.15) is 0 Å². The Hall–Kier alpha value is -0.570. The quantitative estimate of drug-likeness (QED) is 0.724. The van der Waals surface area contributed by atoms with Crippen LogP contribution in [-0.2, 0) is 4.79 Å². The lowest BCUT2D eigenvalue weighted by Crippen LogP contribution is -2.42. The normalized spacial score (nSPS) is 23.9. The number of likely N-dealkylation sites (tertiary alicyclic amines) is 1. The van der Waals surface area contributed by atoms with Gasteiger partial charge in [-0.1, -0.05) is 20.8 Å². The molecule has 1 atom stereocenters. The Morgan fingerprint density at radius 3 is 2.57 bits per heavy atom. The molecule has 0 spiro atoms. The van der Waals surface area contributed by atoms with Crippen LogP contribution in [0.4, 0.5) is 0 Å². The van der Waals surface area contributed by atoms with E-state index in [2.05, 4.69) is 17.3 Å². The van der Waals surface area contributed by atoms with Crippen molar-refractivity contribution in [3.63, 3.8) is 0 Å². The first-order chi connectivity index (χ1) is 6.41. The highest BCUT2D eigenvalue weighted by Gasteiger charge is 2.25. The van der Waals surface area contributed by atoms with Crippen LogP contribution in [-0.4, -0.2) is 37.0 Å². The molecule has 1 N–H and O–H groups in total. The van der Waals surface area contributed by atoms with E-state index in [0.717, 1.165) is 13.1 Å². The zero-order chi connectivity index (χ0) is 10.8. The second kappa shape index (κ2) is 4.30. The Labute approximate surface area is 86.9 Å². The maximum absolute atomic E-state index is 11.6. The van der Waals surface area contributed by atoms with Gasteiger partial charge in [0.2, 0.25) is 5.91 Å². The molecule has 1 unspecified atom stereocenters. The van der Waals surface area contributed by atoms with Gasteiger partial charge in [0.05, 0.1) is 0 Å². The lowest BCUT2D eigenvalue weighted by atomic mass is 9.95. The van der Waals surface area contributed by atoms with Crippen molar-refractivity contribution in [2.45, 2.75) is 39.7 Å². The first-order valence-electron chi connectivity index (χ1n) is 5.40. The van der Waals surface area contributed by atoms with Crippen LogP contribution in [0.25, 0.3) is 0 Å². The number of likely N-dealkylation sites (N-methyl/N-ethyl adjacent to an activating group) is 1. The largest absolute Gasteiger partial charge is 0.354 e. The van der Waals surface area contributed by atoms with Crippen LogP contribution in [0.3, 0.4) is 0 Å². The zero-order valence-electron chi connectivity index (χ0n) is 9.76. The van der Waals surface area contributed by atoms with Crippen molar-refractivity contribution in [1.29, 1.82) is 0 Å². The summed E-state index contributed by atoms with van der Waals surface area (Å²) < 4.78 is 0. The molecule has 0 aromatic heterocycles. The van der Waals surface area contributed by atoms with Crippen LogP contribution in [0.15, 0.2) is 0 Å². The number of hydrogen-bond donors (Lipinski definition) is 1. The fourth-order valence-electron chi connectivity index (χ4n) is 1.71. The third kappa shape index (κ3) is 2.98. The molecule has 1 aliphatic heterocycles. The van der Waals surface area contributed by atoms with Crippen LogP contribution in [0.2, 0.25) is 0 Å². The third-order valence-electron chi connectivity index (χ3n) is 2.85. The van der Waals surface area contributed by atoms with Crippen molar-refractivity contribution in [3.8, 4) is 0 Å². The topological polar surface area (TPSA) is 32.3 Å². The summed E-state index contributed by atoms with van der Waals surface area (Å²) in [6, 6.07) is 0.543. The number of nitrogens with zero attached hydrogens (tertiary/aromatic N) is 1. The van der Waals surface area contributed by atoms with Gasteiger partial charge in [-0.2, -0.15) is 0 Å². The van der Waals surface area contributed by atoms with E-state index < -0.39 is 0 Å². The van der Waals surface area contributed by atoms with E-state index in [1.54, 1.807) is 0 Å². The summed E-state index contributed by atoms with van der Waals surface area (Å²) in [7, 11) is 2.13. The summed E-state index contributed by atoms with van der Waals surface area (Å²) in [5.74, 6) is 0.151. The molecule has 3 nitrogen and oxygen atoms in total. The van der Waals surface area contributed by atoms with Crippen LogP contribution < -0.4 is 5.32 Å². The van der Waals surface area contributed by atoms with Crippen LogP contribution in [0, 0.1) is 5.41 Å². The number of carbonyl (C=O) groups excluding carboxylic acids is 1. The van der Waals surface area contributed by atoms with Gasteiger partial charge in [0.25, 0.3) is 0 Å². The molecule has 1 heterocycles. The van der Waals surface area contributed by atoms with Gasteiger partial charge in [-0.15, -0.1) is 0 Å². The molecule has 1 amide bonds. The molecule has 0 aromatic carbocycles. The number of amides is 1. The highest BCUT2D eigenvalue weighted by Crippen LogP contribution is 2.15. The van der Waals surface area contributed by atoms with Crippen molar-refractivity contribution in [2.75, 3.05) is 20.1 Å². The summed E-state index contributed by atoms with van der Waals surface area (Å²) in [4.78, 5) is 13.9. The minimum atomic E-state index is -0.267. The van der Waals surface area contributed by atoms with Gasteiger partial charge in [0.15, 0.2) is 0 Å². The summed E-state index contributed by atoms with van der Waals surface area (Å²) in [6.07, 6.45) is 2.47. The second-order valence-electron chi connectivity index (χ2n) is 5.24. The molecule has 82 valence electrons. The van der Waals surface area contributed by atoms with Gasteiger partial charge < -0.3 is 10.2 Å². The van der Waals surface area contributed by atoms with E-state index in [-0.39, 0.29) is 11.3 Å². The van der Waals surface area contributed by atoms with Crippen molar-refractivity contribution < 1.29 is 4.79 Å². The fraction of sp³-hybridized carbons (Fsp3) is 0.909. The number of rotatable bonds is 2. The Morgan fingerprint density at radius 1 is 1.50 bits per heavy atom. The van der Waals surface area contributed by atoms with Crippen molar-refractivity contribution in [1.82, 2.24) is 10.2 Å². The molecule has 0 saturated carbocycles. The fourth-order valence-corrected chi connectivity index (χ4v) is 1.71. The van der Waals surface area contributed by atoms with E-state index in [0.29, 0.717) is 6.04 Å². The van der Waals surface area contributed by atoms with E-state index in [9.17, 15) is 4.79 Å². The minimum absolute atomic E-state index is 0.151. The van der Waals surface area contributed by atoms with Crippen molar-refractivity contribution >= 4 is 5.91 Å². The van der Waals surface area contributed by atoms with E-state index in [4.69, 9.17) is 0 Å². The lowest BCUT2D eigenvalue weighted by Gasteiger charge is -2.23. The molecule has 14 heavy (non-hydrogen) atoms. The zero-order valence-corrected chi connectivity index (χ0v) is 9.76. The molecular formula is C11H22N2O. The highest BCUT2D eigenvalue weighted by atomic mass is 16.2. The third-order valence-corrected chi connectivity index (χ3v) is 2.85. The first kappa shape index (κ1) is 11.5. The first-order valence-corrected chi connectivity index (χ1v) is 5.40. The highest BCUT2D eigenvalue weighted by molar-refractivity contribution is 5.81. The predicted octanol–water partition coefficient (Wildman–Crippen LogP) is 1.24. The van der Waals surface area contributed by atoms with Gasteiger partial charge in [0, 0.05) is 18.0 Å². The molecule has 1 aliphatic rings. The van der Waals surface area contributed by atoms with Gasteiger partial charge in [-0.25, -0.2) is 0 Å². The Bertz CT molecular complexity index is 208. The van der Waals surface area contributed by atoms with Gasteiger partial charge in [-0.05, 0) is 26.4 Å². The molecule has 1 fully saturated rings. The molecule has 3 heteroatoms. The summed E-state index contributed by atoms with van der Waals surface area (Å²) in [5, 5.41) is 3.01. The average Bonchev–Trinajstić information content (AvgIpc) is 2.45. The van der Waals surface area contributed by atoms with E-state index >= 15 is 0 Å². The van der Waals surface area contributed by atoms with E-state index in [1.165, 1.54) is 12.8 Å². The van der Waals surface area contributed by atoms with Crippen molar-refractivity contribution in [3.05, 3.63) is 0 Å². The Morgan fingerprint density at radius 2 is 2.14 bits per heavy atom. The van der Waals surface area contributed by atoms with Crippen LogP contribution >= 0.6 is 0 Å². The van der Waals surface area contributed by atoms with Crippen molar-refractivity contribution in [2.24, 2.45) is 5.41 Å².